The van der Waals surface area contributed by atoms with Crippen LogP contribution in [-0.4, -0.2) is 37.4 Å². The van der Waals surface area contributed by atoms with E-state index >= 15 is 0 Å². The van der Waals surface area contributed by atoms with E-state index in [1.165, 1.54) is 0 Å². The van der Waals surface area contributed by atoms with Crippen molar-refractivity contribution in [2.45, 2.75) is 12.3 Å². The molecular weight excluding hydrogens is 258 g/mol. The average molecular weight is 275 g/mol. The third-order valence-corrected chi connectivity index (χ3v) is 3.46. The van der Waals surface area contributed by atoms with Gasteiger partial charge in [0.1, 0.15) is 11.5 Å². The molecule has 0 saturated carbocycles. The summed E-state index contributed by atoms with van der Waals surface area (Å²) in [5.41, 5.74) is 0.821. The van der Waals surface area contributed by atoms with Crippen LogP contribution in [-0.2, 0) is 0 Å². The van der Waals surface area contributed by atoms with Gasteiger partial charge in [-0.25, -0.2) is 0 Å². The first-order valence-corrected chi connectivity index (χ1v) is 6.58. The van der Waals surface area contributed by atoms with Gasteiger partial charge in [0.05, 0.1) is 20.1 Å². The lowest BCUT2D eigenvalue weighted by molar-refractivity contribution is 0.359. The number of hydrogen-bond acceptors (Lipinski definition) is 6. The highest BCUT2D eigenvalue weighted by molar-refractivity contribution is 5.60. The predicted molar refractivity (Wildman–Crippen MR) is 73.1 cm³/mol. The first-order chi connectivity index (χ1) is 9.80. The van der Waals surface area contributed by atoms with Crippen LogP contribution in [0.15, 0.2) is 22.7 Å². The van der Waals surface area contributed by atoms with Crippen molar-refractivity contribution in [2.75, 3.05) is 27.3 Å². The molecule has 1 unspecified atom stereocenters. The first kappa shape index (κ1) is 12.9. The molecule has 2 aromatic rings. The molecule has 0 radical (unpaired) electrons. The number of rotatable bonds is 4. The Hall–Kier alpha value is -2.08. The molecule has 2 heterocycles. The molecule has 0 spiro atoms. The van der Waals surface area contributed by atoms with Crippen molar-refractivity contribution in [3.8, 4) is 22.9 Å². The van der Waals surface area contributed by atoms with E-state index in [1.54, 1.807) is 14.2 Å². The van der Waals surface area contributed by atoms with Crippen LogP contribution in [0.2, 0.25) is 0 Å². The van der Waals surface area contributed by atoms with Gasteiger partial charge in [0.25, 0.3) is 0 Å². The van der Waals surface area contributed by atoms with Gasteiger partial charge in [-0.1, -0.05) is 5.16 Å². The van der Waals surface area contributed by atoms with Gasteiger partial charge < -0.3 is 19.3 Å². The summed E-state index contributed by atoms with van der Waals surface area (Å²) in [4.78, 5) is 4.48. The van der Waals surface area contributed by atoms with Crippen LogP contribution in [0.1, 0.15) is 18.2 Å². The minimum Gasteiger partial charge on any atom is -0.497 e. The number of hydrogen-bond donors (Lipinski definition) is 1. The molecule has 0 bridgehead atoms. The van der Waals surface area contributed by atoms with Crippen LogP contribution in [0.3, 0.4) is 0 Å². The molecule has 1 fully saturated rings. The highest BCUT2D eigenvalue weighted by Crippen LogP contribution is 2.29. The maximum atomic E-state index is 5.37. The summed E-state index contributed by atoms with van der Waals surface area (Å²) < 4.78 is 15.9. The van der Waals surface area contributed by atoms with E-state index in [-0.39, 0.29) is 0 Å². The molecule has 20 heavy (non-hydrogen) atoms. The molecular formula is C14H17N3O3. The zero-order valence-electron chi connectivity index (χ0n) is 11.5. The van der Waals surface area contributed by atoms with Gasteiger partial charge in [-0.15, -0.1) is 0 Å². The lowest BCUT2D eigenvalue weighted by Crippen LogP contribution is -2.08. The van der Waals surface area contributed by atoms with Crippen molar-refractivity contribution in [3.63, 3.8) is 0 Å². The largest absolute Gasteiger partial charge is 0.497 e. The molecule has 0 aliphatic carbocycles. The lowest BCUT2D eigenvalue weighted by Gasteiger charge is -2.05. The van der Waals surface area contributed by atoms with E-state index in [4.69, 9.17) is 14.0 Å². The predicted octanol–water partition coefficient (Wildman–Crippen LogP) is 1.83. The quantitative estimate of drug-likeness (QED) is 0.918. The van der Waals surface area contributed by atoms with Gasteiger partial charge in [-0.05, 0) is 25.1 Å². The highest BCUT2D eigenvalue weighted by Gasteiger charge is 2.23. The molecule has 6 nitrogen and oxygen atoms in total. The summed E-state index contributed by atoms with van der Waals surface area (Å²) in [5, 5.41) is 7.35. The molecule has 1 aromatic carbocycles. The lowest BCUT2D eigenvalue weighted by atomic mass is 10.1. The summed E-state index contributed by atoms with van der Waals surface area (Å²) in [6.45, 7) is 1.89. The smallest absolute Gasteiger partial charge is 0.231 e. The SMILES string of the molecule is COc1cc(OC)cc(-c2noc(C3CCNC3)n2)c1. The zero-order chi connectivity index (χ0) is 13.9. The number of nitrogens with zero attached hydrogens (tertiary/aromatic N) is 2. The van der Waals surface area contributed by atoms with Crippen LogP contribution < -0.4 is 14.8 Å². The minimum atomic E-state index is 0.309. The summed E-state index contributed by atoms with van der Waals surface area (Å²) in [6.07, 6.45) is 1.03. The van der Waals surface area contributed by atoms with Crippen LogP contribution in [0.4, 0.5) is 0 Å². The zero-order valence-corrected chi connectivity index (χ0v) is 11.5. The van der Waals surface area contributed by atoms with E-state index in [1.807, 2.05) is 18.2 Å². The van der Waals surface area contributed by atoms with E-state index in [0.29, 0.717) is 29.1 Å². The van der Waals surface area contributed by atoms with Gasteiger partial charge in [0, 0.05) is 18.2 Å². The second-order valence-corrected chi connectivity index (χ2v) is 4.75. The maximum Gasteiger partial charge on any atom is 0.231 e. The fourth-order valence-corrected chi connectivity index (χ4v) is 2.32. The van der Waals surface area contributed by atoms with E-state index < -0.39 is 0 Å². The Kier molecular flexibility index (Phi) is 3.56. The Morgan fingerprint density at radius 3 is 2.55 bits per heavy atom. The first-order valence-electron chi connectivity index (χ1n) is 6.58. The van der Waals surface area contributed by atoms with Crippen LogP contribution >= 0.6 is 0 Å². The van der Waals surface area contributed by atoms with Crippen LogP contribution in [0.25, 0.3) is 11.4 Å². The normalized spacial score (nSPS) is 18.2. The molecule has 3 rings (SSSR count). The molecule has 1 atom stereocenters. The second kappa shape index (κ2) is 5.50. The molecule has 6 heteroatoms. The molecule has 1 N–H and O–H groups in total. The Bertz CT molecular complexity index is 569. The number of ether oxygens (including phenoxy) is 2. The van der Waals surface area contributed by atoms with Gasteiger partial charge in [0.15, 0.2) is 0 Å². The number of methoxy groups -OCH3 is 2. The molecule has 0 amide bonds. The van der Waals surface area contributed by atoms with Crippen LogP contribution in [0, 0.1) is 0 Å². The fourth-order valence-electron chi connectivity index (χ4n) is 2.32. The number of benzene rings is 1. The van der Waals surface area contributed by atoms with Gasteiger partial charge in [-0.2, -0.15) is 4.98 Å². The standard InChI is InChI=1S/C14H17N3O3/c1-18-11-5-10(6-12(7-11)19-2)13-16-14(20-17-13)9-3-4-15-8-9/h5-7,9,15H,3-4,8H2,1-2H3. The summed E-state index contributed by atoms with van der Waals surface area (Å²) in [5.74, 6) is 2.96. The Morgan fingerprint density at radius 1 is 1.20 bits per heavy atom. The van der Waals surface area contributed by atoms with Crippen molar-refractivity contribution in [2.24, 2.45) is 0 Å². The third kappa shape index (κ3) is 2.46. The van der Waals surface area contributed by atoms with Crippen LogP contribution in [0.5, 0.6) is 11.5 Å². The second-order valence-electron chi connectivity index (χ2n) is 4.75. The summed E-state index contributed by atoms with van der Waals surface area (Å²) in [6, 6.07) is 5.54. The Labute approximate surface area is 117 Å². The van der Waals surface area contributed by atoms with Crippen molar-refractivity contribution < 1.29 is 14.0 Å². The van der Waals surface area contributed by atoms with Crippen molar-refractivity contribution >= 4 is 0 Å². The third-order valence-electron chi connectivity index (χ3n) is 3.46. The van der Waals surface area contributed by atoms with Gasteiger partial charge in [0.2, 0.25) is 11.7 Å². The van der Waals surface area contributed by atoms with Gasteiger partial charge >= 0.3 is 0 Å². The molecule has 1 aliphatic heterocycles. The van der Waals surface area contributed by atoms with Crippen molar-refractivity contribution in [1.29, 1.82) is 0 Å². The fraction of sp³-hybridized carbons (Fsp3) is 0.429. The van der Waals surface area contributed by atoms with Gasteiger partial charge in [-0.3, -0.25) is 0 Å². The number of nitrogens with one attached hydrogen (secondary N) is 1. The molecule has 1 saturated heterocycles. The van der Waals surface area contributed by atoms with E-state index in [0.717, 1.165) is 25.1 Å². The maximum absolute atomic E-state index is 5.37. The number of aromatic nitrogens is 2. The minimum absolute atomic E-state index is 0.309. The van der Waals surface area contributed by atoms with Crippen molar-refractivity contribution in [1.82, 2.24) is 15.5 Å². The van der Waals surface area contributed by atoms with E-state index in [2.05, 4.69) is 15.5 Å². The topological polar surface area (TPSA) is 69.4 Å². The Balaban J connectivity index is 1.92. The molecule has 106 valence electrons. The summed E-state index contributed by atoms with van der Waals surface area (Å²) in [7, 11) is 3.23. The average Bonchev–Trinajstić information content (AvgIpc) is 3.17. The summed E-state index contributed by atoms with van der Waals surface area (Å²) >= 11 is 0. The Morgan fingerprint density at radius 2 is 1.95 bits per heavy atom. The van der Waals surface area contributed by atoms with E-state index in [9.17, 15) is 0 Å². The highest BCUT2D eigenvalue weighted by atomic mass is 16.5. The molecule has 1 aromatic heterocycles. The van der Waals surface area contributed by atoms with Crippen molar-refractivity contribution in [3.05, 3.63) is 24.1 Å². The molecule has 1 aliphatic rings. The monoisotopic (exact) mass is 275 g/mol.